The number of allylic oxidation sites excluding steroid dienone is 2. The van der Waals surface area contributed by atoms with Crippen molar-refractivity contribution in [3.8, 4) is 0 Å². The van der Waals surface area contributed by atoms with E-state index in [4.69, 9.17) is 0 Å². The van der Waals surface area contributed by atoms with E-state index in [1.807, 2.05) is 19.1 Å². The van der Waals surface area contributed by atoms with Crippen molar-refractivity contribution in [1.29, 1.82) is 0 Å². The molecule has 4 fully saturated rings. The Kier molecular flexibility index (Phi) is 2.45. The zero-order chi connectivity index (χ0) is 11.2. The molecule has 0 radical (unpaired) electrons. The minimum absolute atomic E-state index is 0.119. The van der Waals surface area contributed by atoms with Crippen molar-refractivity contribution in [2.75, 3.05) is 0 Å². The second kappa shape index (κ2) is 3.72. The molecule has 0 heterocycles. The molecule has 4 saturated carbocycles. The van der Waals surface area contributed by atoms with Crippen LogP contribution in [0, 0.1) is 23.2 Å². The van der Waals surface area contributed by atoms with Crippen molar-refractivity contribution < 1.29 is 4.79 Å². The molecule has 4 bridgehead atoms. The number of Topliss-reactive ketones (excluding diaryl/α,β-unsaturated/α-hetero) is 1. The molecule has 0 unspecified atom stereocenters. The van der Waals surface area contributed by atoms with Gasteiger partial charge in [0.25, 0.3) is 0 Å². The van der Waals surface area contributed by atoms with Crippen molar-refractivity contribution in [3.05, 3.63) is 12.2 Å². The van der Waals surface area contributed by atoms with E-state index in [1.165, 1.54) is 38.5 Å². The number of ketones is 1. The van der Waals surface area contributed by atoms with E-state index in [1.54, 1.807) is 0 Å². The highest BCUT2D eigenvalue weighted by atomic mass is 16.1. The number of carbonyl (C=O) groups excluding carboxylic acids is 1. The Morgan fingerprint density at radius 2 is 1.62 bits per heavy atom. The van der Waals surface area contributed by atoms with Gasteiger partial charge in [0.15, 0.2) is 0 Å². The molecular formula is C15H22O. The molecule has 0 amide bonds. The number of hydrogen-bond acceptors (Lipinski definition) is 1. The van der Waals surface area contributed by atoms with Crippen LogP contribution in [0.25, 0.3) is 0 Å². The normalized spacial score (nSPS) is 45.4. The topological polar surface area (TPSA) is 17.1 Å². The summed E-state index contributed by atoms with van der Waals surface area (Å²) in [5.41, 5.74) is 0.119. The van der Waals surface area contributed by atoms with Gasteiger partial charge in [-0.2, -0.15) is 0 Å². The summed E-state index contributed by atoms with van der Waals surface area (Å²) in [6, 6.07) is 0. The molecule has 0 N–H and O–H groups in total. The van der Waals surface area contributed by atoms with Crippen molar-refractivity contribution in [1.82, 2.24) is 0 Å². The van der Waals surface area contributed by atoms with E-state index in [9.17, 15) is 4.79 Å². The smallest absolute Gasteiger partial charge is 0.142 e. The summed E-state index contributed by atoms with van der Waals surface area (Å²) in [6.45, 7) is 2.01. The van der Waals surface area contributed by atoms with Crippen LogP contribution in [0.5, 0.6) is 0 Å². The molecule has 0 spiro atoms. The van der Waals surface area contributed by atoms with Crippen LogP contribution in [0.4, 0.5) is 0 Å². The largest absolute Gasteiger partial charge is 0.299 e. The first kappa shape index (κ1) is 10.6. The third kappa shape index (κ3) is 1.56. The standard InChI is InChI=1S/C15H22O/c1-2-3-4-14(16)15-8-11-5-12(9-15)7-13(6-11)10-15/h2-3,11-13H,4-10H2,1H3/b3-2+. The molecule has 1 nitrogen and oxygen atoms in total. The van der Waals surface area contributed by atoms with E-state index in [-0.39, 0.29) is 5.41 Å². The van der Waals surface area contributed by atoms with E-state index >= 15 is 0 Å². The molecule has 0 aromatic carbocycles. The van der Waals surface area contributed by atoms with Crippen LogP contribution in [0.3, 0.4) is 0 Å². The molecule has 0 aromatic rings. The highest BCUT2D eigenvalue weighted by Crippen LogP contribution is 2.60. The zero-order valence-corrected chi connectivity index (χ0v) is 10.2. The maximum atomic E-state index is 12.4. The Hall–Kier alpha value is -0.590. The van der Waals surface area contributed by atoms with E-state index in [2.05, 4.69) is 0 Å². The van der Waals surface area contributed by atoms with Crippen molar-refractivity contribution in [3.63, 3.8) is 0 Å². The Balaban J connectivity index is 1.80. The van der Waals surface area contributed by atoms with Crippen LogP contribution in [0.15, 0.2) is 12.2 Å². The second-order valence-electron chi connectivity index (χ2n) is 6.39. The Labute approximate surface area is 98.3 Å². The molecule has 0 aliphatic heterocycles. The minimum atomic E-state index is 0.119. The van der Waals surface area contributed by atoms with E-state index in [0.717, 1.165) is 17.8 Å². The highest BCUT2D eigenvalue weighted by molar-refractivity contribution is 5.86. The van der Waals surface area contributed by atoms with Gasteiger partial charge in [-0.05, 0) is 63.2 Å². The molecule has 4 aliphatic carbocycles. The van der Waals surface area contributed by atoms with Crippen molar-refractivity contribution >= 4 is 5.78 Å². The third-order valence-electron chi connectivity index (χ3n) is 5.17. The molecule has 16 heavy (non-hydrogen) atoms. The minimum Gasteiger partial charge on any atom is -0.299 e. The molecule has 4 aliphatic rings. The van der Waals surface area contributed by atoms with Gasteiger partial charge in [-0.15, -0.1) is 0 Å². The van der Waals surface area contributed by atoms with Crippen molar-refractivity contribution in [2.24, 2.45) is 23.2 Å². The maximum Gasteiger partial charge on any atom is 0.142 e. The lowest BCUT2D eigenvalue weighted by Crippen LogP contribution is -2.49. The Morgan fingerprint density at radius 3 is 2.06 bits per heavy atom. The fourth-order valence-electron chi connectivity index (χ4n) is 4.89. The second-order valence-corrected chi connectivity index (χ2v) is 6.39. The zero-order valence-electron chi connectivity index (χ0n) is 10.2. The first-order valence-electron chi connectivity index (χ1n) is 6.86. The molecule has 4 rings (SSSR count). The molecular weight excluding hydrogens is 196 g/mol. The predicted octanol–water partition coefficient (Wildman–Crippen LogP) is 3.74. The third-order valence-corrected chi connectivity index (χ3v) is 5.17. The molecule has 0 aromatic heterocycles. The quantitative estimate of drug-likeness (QED) is 0.659. The summed E-state index contributed by atoms with van der Waals surface area (Å²) in [5.74, 6) is 3.21. The van der Waals surface area contributed by atoms with Gasteiger partial charge >= 0.3 is 0 Å². The summed E-state index contributed by atoms with van der Waals surface area (Å²) in [4.78, 5) is 12.4. The SMILES string of the molecule is C/C=C/CC(=O)C12CC3CC(CC(C3)C1)C2. The van der Waals surface area contributed by atoms with E-state index < -0.39 is 0 Å². The number of hydrogen-bond donors (Lipinski definition) is 0. The summed E-state index contributed by atoms with van der Waals surface area (Å²) in [6.07, 6.45) is 12.7. The predicted molar refractivity (Wildman–Crippen MR) is 65.0 cm³/mol. The Morgan fingerprint density at radius 1 is 1.12 bits per heavy atom. The van der Waals surface area contributed by atoms with Gasteiger partial charge in [0.2, 0.25) is 0 Å². The summed E-state index contributed by atoms with van der Waals surface area (Å²) >= 11 is 0. The summed E-state index contributed by atoms with van der Waals surface area (Å²) < 4.78 is 0. The lowest BCUT2D eigenvalue weighted by molar-refractivity contribution is -0.142. The monoisotopic (exact) mass is 218 g/mol. The first-order chi connectivity index (χ1) is 7.72. The molecule has 1 heteroatoms. The van der Waals surface area contributed by atoms with Crippen LogP contribution < -0.4 is 0 Å². The fraction of sp³-hybridized carbons (Fsp3) is 0.800. The van der Waals surface area contributed by atoms with Gasteiger partial charge in [-0.1, -0.05) is 12.2 Å². The van der Waals surface area contributed by atoms with Gasteiger partial charge in [-0.25, -0.2) is 0 Å². The number of carbonyl (C=O) groups is 1. The average molecular weight is 218 g/mol. The molecule has 0 saturated heterocycles. The van der Waals surface area contributed by atoms with Crippen LogP contribution in [0.1, 0.15) is 51.9 Å². The highest BCUT2D eigenvalue weighted by Gasteiger charge is 2.53. The van der Waals surface area contributed by atoms with Crippen LogP contribution in [0.2, 0.25) is 0 Å². The first-order valence-corrected chi connectivity index (χ1v) is 6.86. The lowest BCUT2D eigenvalue weighted by atomic mass is 9.48. The van der Waals surface area contributed by atoms with Gasteiger partial charge in [-0.3, -0.25) is 4.79 Å². The lowest BCUT2D eigenvalue weighted by Gasteiger charge is -2.56. The van der Waals surface area contributed by atoms with Crippen LogP contribution in [-0.4, -0.2) is 5.78 Å². The summed E-state index contributed by atoms with van der Waals surface area (Å²) in [5, 5.41) is 0. The van der Waals surface area contributed by atoms with Gasteiger partial charge in [0.05, 0.1) is 0 Å². The van der Waals surface area contributed by atoms with Gasteiger partial charge in [0.1, 0.15) is 5.78 Å². The van der Waals surface area contributed by atoms with E-state index in [0.29, 0.717) is 12.2 Å². The van der Waals surface area contributed by atoms with Crippen LogP contribution >= 0.6 is 0 Å². The van der Waals surface area contributed by atoms with Crippen molar-refractivity contribution in [2.45, 2.75) is 51.9 Å². The number of rotatable bonds is 3. The average Bonchev–Trinajstić information content (AvgIpc) is 2.24. The molecule has 0 atom stereocenters. The summed E-state index contributed by atoms with van der Waals surface area (Å²) in [7, 11) is 0. The Bertz CT molecular complexity index is 291. The van der Waals surface area contributed by atoms with Gasteiger partial charge < -0.3 is 0 Å². The van der Waals surface area contributed by atoms with Gasteiger partial charge in [0, 0.05) is 11.8 Å². The van der Waals surface area contributed by atoms with Crippen LogP contribution in [-0.2, 0) is 4.79 Å². The maximum absolute atomic E-state index is 12.4. The fourth-order valence-corrected chi connectivity index (χ4v) is 4.89. The molecule has 88 valence electrons.